The summed E-state index contributed by atoms with van der Waals surface area (Å²) in [6.45, 7) is 2.64. The van der Waals surface area contributed by atoms with E-state index >= 15 is 0 Å². The van der Waals surface area contributed by atoms with E-state index in [0.717, 1.165) is 10.9 Å². The molecular formula is C10H12Br2N2O2. The minimum atomic E-state index is -0.213. The van der Waals surface area contributed by atoms with Crippen LogP contribution in [0.5, 0.6) is 0 Å². The summed E-state index contributed by atoms with van der Waals surface area (Å²) in [5.74, 6) is -0.158. The van der Waals surface area contributed by atoms with Gasteiger partial charge in [-0.3, -0.25) is 9.59 Å². The molecule has 0 saturated heterocycles. The molecule has 1 heterocycles. The topological polar surface area (TPSA) is 51.1 Å². The lowest BCUT2D eigenvalue weighted by Crippen LogP contribution is -2.32. The molecule has 0 saturated carbocycles. The second kappa shape index (κ2) is 6.20. The summed E-state index contributed by atoms with van der Waals surface area (Å²) in [5.41, 5.74) is -0.213. The molecule has 1 aromatic heterocycles. The van der Waals surface area contributed by atoms with Crippen molar-refractivity contribution in [1.82, 2.24) is 9.88 Å². The first-order chi connectivity index (χ1) is 7.54. The van der Waals surface area contributed by atoms with Gasteiger partial charge in [0.25, 0.3) is 5.56 Å². The largest absolute Gasteiger partial charge is 0.355 e. The molecule has 1 rings (SSSR count). The average Bonchev–Trinajstić information content (AvgIpc) is 2.22. The van der Waals surface area contributed by atoms with Gasteiger partial charge in [-0.2, -0.15) is 0 Å². The zero-order valence-electron chi connectivity index (χ0n) is 8.80. The van der Waals surface area contributed by atoms with Crippen LogP contribution in [0, 0.1) is 0 Å². The fourth-order valence-electron chi connectivity index (χ4n) is 1.16. The van der Waals surface area contributed by atoms with Gasteiger partial charge >= 0.3 is 0 Å². The normalized spacial score (nSPS) is 10.2. The molecule has 0 unspecified atom stereocenters. The van der Waals surface area contributed by atoms with Gasteiger partial charge in [0.05, 0.1) is 4.47 Å². The molecule has 0 aliphatic heterocycles. The van der Waals surface area contributed by atoms with E-state index in [1.807, 2.05) is 6.92 Å². The van der Waals surface area contributed by atoms with E-state index in [1.54, 1.807) is 12.3 Å². The highest BCUT2D eigenvalue weighted by Gasteiger charge is 2.07. The zero-order chi connectivity index (χ0) is 12.1. The Balaban J connectivity index is 2.81. The molecule has 0 aliphatic rings. The highest BCUT2D eigenvalue weighted by atomic mass is 79.9. The molecule has 0 spiro atoms. The molecule has 0 bridgehead atoms. The Morgan fingerprint density at radius 2 is 2.19 bits per heavy atom. The van der Waals surface area contributed by atoms with Crippen LogP contribution in [0.4, 0.5) is 0 Å². The lowest BCUT2D eigenvalue weighted by Gasteiger charge is -2.07. The van der Waals surface area contributed by atoms with Crippen LogP contribution in [0.15, 0.2) is 26.0 Å². The maximum Gasteiger partial charge on any atom is 0.265 e. The number of aromatic nitrogens is 1. The molecule has 0 aliphatic carbocycles. The fraction of sp³-hybridized carbons (Fsp3) is 0.400. The Morgan fingerprint density at radius 1 is 1.50 bits per heavy atom. The van der Waals surface area contributed by atoms with E-state index in [0.29, 0.717) is 11.0 Å². The average molecular weight is 352 g/mol. The Bertz CT molecular complexity index is 443. The van der Waals surface area contributed by atoms with E-state index in [1.165, 1.54) is 4.57 Å². The monoisotopic (exact) mass is 350 g/mol. The van der Waals surface area contributed by atoms with Gasteiger partial charge in [-0.25, -0.2) is 0 Å². The zero-order valence-corrected chi connectivity index (χ0v) is 12.0. The number of nitrogens with one attached hydrogen (secondary N) is 1. The molecular weight excluding hydrogens is 340 g/mol. The SMILES string of the molecule is CCCNC(=O)Cn1cc(Br)cc(Br)c1=O. The van der Waals surface area contributed by atoms with Crippen LogP contribution >= 0.6 is 31.9 Å². The van der Waals surface area contributed by atoms with E-state index in [4.69, 9.17) is 0 Å². The molecule has 0 fully saturated rings. The standard InChI is InChI=1S/C10H12Br2N2O2/c1-2-3-13-9(15)6-14-5-7(11)4-8(12)10(14)16/h4-5H,2-3,6H2,1H3,(H,13,15). The number of rotatable bonds is 4. The maximum absolute atomic E-state index is 11.6. The van der Waals surface area contributed by atoms with Crippen molar-refractivity contribution in [3.63, 3.8) is 0 Å². The second-order valence-corrected chi connectivity index (χ2v) is 5.06. The van der Waals surface area contributed by atoms with Gasteiger partial charge in [0, 0.05) is 17.2 Å². The Labute approximate surface area is 110 Å². The van der Waals surface area contributed by atoms with Crippen molar-refractivity contribution in [3.8, 4) is 0 Å². The van der Waals surface area contributed by atoms with Gasteiger partial charge in [0.15, 0.2) is 0 Å². The molecule has 0 aromatic carbocycles. The minimum absolute atomic E-state index is 0.0386. The quantitative estimate of drug-likeness (QED) is 0.900. The molecule has 16 heavy (non-hydrogen) atoms. The van der Waals surface area contributed by atoms with Gasteiger partial charge in [0.1, 0.15) is 6.54 Å². The summed E-state index contributed by atoms with van der Waals surface area (Å²) in [6, 6.07) is 1.66. The highest BCUT2D eigenvalue weighted by Crippen LogP contribution is 2.12. The molecule has 4 nitrogen and oxygen atoms in total. The van der Waals surface area contributed by atoms with Crippen LogP contribution < -0.4 is 10.9 Å². The Morgan fingerprint density at radius 3 is 2.81 bits per heavy atom. The van der Waals surface area contributed by atoms with Crippen LogP contribution in [0.1, 0.15) is 13.3 Å². The summed E-state index contributed by atoms with van der Waals surface area (Å²) in [4.78, 5) is 23.1. The van der Waals surface area contributed by atoms with Gasteiger partial charge in [-0.05, 0) is 44.3 Å². The van der Waals surface area contributed by atoms with Crippen molar-refractivity contribution in [3.05, 3.63) is 31.6 Å². The molecule has 1 N–H and O–H groups in total. The molecule has 6 heteroatoms. The predicted octanol–water partition coefficient (Wildman–Crippen LogP) is 1.90. The smallest absolute Gasteiger partial charge is 0.265 e. The Hall–Kier alpha value is -0.620. The molecule has 1 amide bonds. The van der Waals surface area contributed by atoms with Crippen LogP contribution in [0.25, 0.3) is 0 Å². The summed E-state index contributed by atoms with van der Waals surface area (Å²) in [6.07, 6.45) is 2.47. The van der Waals surface area contributed by atoms with E-state index in [9.17, 15) is 9.59 Å². The maximum atomic E-state index is 11.6. The third-order valence-corrected chi connectivity index (χ3v) is 2.90. The van der Waals surface area contributed by atoms with Crippen molar-refractivity contribution in [2.75, 3.05) is 6.54 Å². The van der Waals surface area contributed by atoms with Crippen LogP contribution in [0.2, 0.25) is 0 Å². The van der Waals surface area contributed by atoms with E-state index < -0.39 is 0 Å². The number of carbonyl (C=O) groups is 1. The van der Waals surface area contributed by atoms with Crippen molar-refractivity contribution in [2.24, 2.45) is 0 Å². The number of amides is 1. The van der Waals surface area contributed by atoms with Crippen molar-refractivity contribution in [1.29, 1.82) is 0 Å². The third kappa shape index (κ3) is 3.75. The number of carbonyl (C=O) groups excluding carboxylic acids is 1. The second-order valence-electron chi connectivity index (χ2n) is 3.29. The van der Waals surface area contributed by atoms with Crippen molar-refractivity contribution >= 4 is 37.8 Å². The van der Waals surface area contributed by atoms with Crippen LogP contribution in [-0.4, -0.2) is 17.0 Å². The van der Waals surface area contributed by atoms with Crippen molar-refractivity contribution < 1.29 is 4.79 Å². The minimum Gasteiger partial charge on any atom is -0.355 e. The predicted molar refractivity (Wildman–Crippen MR) is 69.4 cm³/mol. The summed E-state index contributed by atoms with van der Waals surface area (Å²) < 4.78 is 2.55. The number of hydrogen-bond donors (Lipinski definition) is 1. The molecule has 88 valence electrons. The van der Waals surface area contributed by atoms with Crippen LogP contribution in [-0.2, 0) is 11.3 Å². The lowest BCUT2D eigenvalue weighted by atomic mass is 10.4. The lowest BCUT2D eigenvalue weighted by molar-refractivity contribution is -0.121. The first-order valence-corrected chi connectivity index (χ1v) is 6.45. The van der Waals surface area contributed by atoms with Crippen LogP contribution in [0.3, 0.4) is 0 Å². The summed E-state index contributed by atoms with van der Waals surface area (Å²) in [7, 11) is 0. The van der Waals surface area contributed by atoms with Gasteiger partial charge in [0.2, 0.25) is 5.91 Å². The summed E-state index contributed by atoms with van der Waals surface area (Å²) >= 11 is 6.41. The number of nitrogens with zero attached hydrogens (tertiary/aromatic N) is 1. The van der Waals surface area contributed by atoms with Gasteiger partial charge < -0.3 is 9.88 Å². The van der Waals surface area contributed by atoms with Gasteiger partial charge in [-0.1, -0.05) is 6.92 Å². The van der Waals surface area contributed by atoms with Crippen molar-refractivity contribution in [2.45, 2.75) is 19.9 Å². The molecule has 0 radical (unpaired) electrons. The highest BCUT2D eigenvalue weighted by molar-refractivity contribution is 9.11. The first-order valence-electron chi connectivity index (χ1n) is 4.86. The Kier molecular flexibility index (Phi) is 5.21. The molecule has 1 aromatic rings. The van der Waals surface area contributed by atoms with E-state index in [2.05, 4.69) is 37.2 Å². The number of hydrogen-bond acceptors (Lipinski definition) is 2. The fourth-order valence-corrected chi connectivity index (χ4v) is 2.41. The number of halogens is 2. The third-order valence-electron chi connectivity index (χ3n) is 1.90. The first kappa shape index (κ1) is 13.4. The summed E-state index contributed by atoms with van der Waals surface area (Å²) in [5, 5.41) is 2.72. The van der Waals surface area contributed by atoms with E-state index in [-0.39, 0.29) is 18.0 Å². The molecule has 0 atom stereocenters. The number of pyridine rings is 1. The van der Waals surface area contributed by atoms with Gasteiger partial charge in [-0.15, -0.1) is 0 Å².